The van der Waals surface area contributed by atoms with Gasteiger partial charge in [0.1, 0.15) is 0 Å². The van der Waals surface area contributed by atoms with Crippen molar-refractivity contribution in [3.05, 3.63) is 65.3 Å². The van der Waals surface area contributed by atoms with E-state index in [0.717, 1.165) is 31.4 Å². The van der Waals surface area contributed by atoms with E-state index in [-0.39, 0.29) is 24.2 Å². The third kappa shape index (κ3) is 3.37. The predicted octanol–water partition coefficient (Wildman–Crippen LogP) is 4.58. The Morgan fingerprint density at radius 3 is 2.57 bits per heavy atom. The van der Waals surface area contributed by atoms with Crippen LogP contribution in [0.1, 0.15) is 30.7 Å². The molecule has 0 spiro atoms. The molecule has 2 aliphatic rings. The Kier molecular flexibility index (Phi) is 4.99. The second-order valence-electron chi connectivity index (χ2n) is 8.25. The fourth-order valence-electron chi connectivity index (χ4n) is 4.88. The summed E-state index contributed by atoms with van der Waals surface area (Å²) >= 11 is 6.26. The van der Waals surface area contributed by atoms with Crippen LogP contribution in [0.3, 0.4) is 0 Å². The molecule has 0 saturated carbocycles. The molecule has 2 fully saturated rings. The van der Waals surface area contributed by atoms with E-state index in [2.05, 4.69) is 29.4 Å². The normalized spacial score (nSPS) is 20.3. The molecule has 154 valence electrons. The quantitative estimate of drug-likeness (QED) is 0.672. The molecule has 3 aromatic rings. The van der Waals surface area contributed by atoms with E-state index in [1.165, 1.54) is 10.9 Å². The van der Waals surface area contributed by atoms with Crippen LogP contribution in [0.5, 0.6) is 0 Å². The van der Waals surface area contributed by atoms with Gasteiger partial charge >= 0.3 is 0 Å². The molecule has 30 heavy (non-hydrogen) atoms. The van der Waals surface area contributed by atoms with Gasteiger partial charge in [-0.3, -0.25) is 9.59 Å². The highest BCUT2D eigenvalue weighted by atomic mass is 35.5. The largest absolute Gasteiger partial charge is 0.361 e. The number of benzene rings is 2. The van der Waals surface area contributed by atoms with E-state index in [4.69, 9.17) is 11.6 Å². The Hall–Kier alpha value is -2.79. The predicted molar refractivity (Wildman–Crippen MR) is 119 cm³/mol. The maximum Gasteiger partial charge on any atom is 0.228 e. The zero-order valence-corrected chi connectivity index (χ0v) is 17.4. The summed E-state index contributed by atoms with van der Waals surface area (Å²) in [7, 11) is 0. The minimum Gasteiger partial charge on any atom is -0.361 e. The number of likely N-dealkylation sites (tertiary alicyclic amines) is 1. The molecule has 2 aromatic carbocycles. The number of rotatable bonds is 3. The molecule has 1 aromatic heterocycles. The number of hydrogen-bond donors (Lipinski definition) is 1. The van der Waals surface area contributed by atoms with E-state index < -0.39 is 0 Å². The smallest absolute Gasteiger partial charge is 0.228 e. The SMILES string of the molecule is O=C(C1CC(=O)N(c2ccccc2Cl)C1)N1CCC(c2c[nH]c3ccccc23)CC1. The van der Waals surface area contributed by atoms with Gasteiger partial charge in [0.05, 0.1) is 16.6 Å². The van der Waals surface area contributed by atoms with E-state index >= 15 is 0 Å². The van der Waals surface area contributed by atoms with E-state index in [1.54, 1.807) is 11.0 Å². The number of H-pyrrole nitrogens is 1. The minimum atomic E-state index is -0.293. The summed E-state index contributed by atoms with van der Waals surface area (Å²) in [5.41, 5.74) is 3.20. The number of fused-ring (bicyclic) bond motifs is 1. The van der Waals surface area contributed by atoms with E-state index in [0.29, 0.717) is 23.2 Å². The van der Waals surface area contributed by atoms with Crippen molar-refractivity contribution < 1.29 is 9.59 Å². The molecule has 0 radical (unpaired) electrons. The van der Waals surface area contributed by atoms with E-state index in [1.807, 2.05) is 29.2 Å². The van der Waals surface area contributed by atoms with Gasteiger partial charge in [-0.1, -0.05) is 41.9 Å². The summed E-state index contributed by atoms with van der Waals surface area (Å²) in [5.74, 6) is 0.221. The van der Waals surface area contributed by atoms with Crippen LogP contribution in [0.2, 0.25) is 5.02 Å². The molecule has 0 aliphatic carbocycles. The zero-order chi connectivity index (χ0) is 20.7. The van der Waals surface area contributed by atoms with Gasteiger partial charge in [-0.15, -0.1) is 0 Å². The number of amides is 2. The lowest BCUT2D eigenvalue weighted by Gasteiger charge is -2.33. The highest BCUT2D eigenvalue weighted by Crippen LogP contribution is 2.35. The number of piperidine rings is 1. The molecule has 5 nitrogen and oxygen atoms in total. The van der Waals surface area contributed by atoms with Crippen LogP contribution in [0.25, 0.3) is 10.9 Å². The Balaban J connectivity index is 1.24. The Morgan fingerprint density at radius 2 is 1.77 bits per heavy atom. The fraction of sp³-hybridized carbons (Fsp3) is 0.333. The van der Waals surface area contributed by atoms with Gasteiger partial charge in [-0.05, 0) is 42.5 Å². The molecule has 1 N–H and O–H groups in total. The average molecular weight is 422 g/mol. The van der Waals surface area contributed by atoms with Crippen molar-refractivity contribution >= 4 is 40.0 Å². The molecule has 1 unspecified atom stereocenters. The molecule has 0 bridgehead atoms. The molecule has 2 aliphatic heterocycles. The lowest BCUT2D eigenvalue weighted by atomic mass is 9.88. The summed E-state index contributed by atoms with van der Waals surface area (Å²) in [5, 5.41) is 1.82. The van der Waals surface area contributed by atoms with Gasteiger partial charge in [0.2, 0.25) is 11.8 Å². The number of aromatic amines is 1. The van der Waals surface area contributed by atoms with Crippen molar-refractivity contribution in [2.45, 2.75) is 25.2 Å². The number of halogens is 1. The van der Waals surface area contributed by atoms with Crippen LogP contribution in [0.15, 0.2) is 54.7 Å². The monoisotopic (exact) mass is 421 g/mol. The number of carbonyl (C=O) groups excluding carboxylic acids is 2. The standard InChI is InChI=1S/C24H24ClN3O2/c25-20-6-2-4-8-22(20)28-15-17(13-23(28)29)24(30)27-11-9-16(10-12-27)19-14-26-21-7-3-1-5-18(19)21/h1-8,14,16-17,26H,9-13,15H2. The van der Waals surface area contributed by atoms with Crippen LogP contribution in [-0.2, 0) is 9.59 Å². The molecule has 2 amide bonds. The molecule has 5 rings (SSSR count). The average Bonchev–Trinajstić information content (AvgIpc) is 3.37. The lowest BCUT2D eigenvalue weighted by molar-refractivity contribution is -0.136. The number of carbonyl (C=O) groups is 2. The summed E-state index contributed by atoms with van der Waals surface area (Å²) in [6.45, 7) is 1.88. The van der Waals surface area contributed by atoms with Crippen LogP contribution in [0, 0.1) is 5.92 Å². The lowest BCUT2D eigenvalue weighted by Crippen LogP contribution is -2.42. The first-order valence-electron chi connectivity index (χ1n) is 10.5. The molecular formula is C24H24ClN3O2. The minimum absolute atomic E-state index is 0.0323. The molecule has 6 heteroatoms. The highest BCUT2D eigenvalue weighted by molar-refractivity contribution is 6.33. The topological polar surface area (TPSA) is 56.4 Å². The van der Waals surface area contributed by atoms with Gasteiger partial charge in [0.15, 0.2) is 0 Å². The summed E-state index contributed by atoms with van der Waals surface area (Å²) in [4.78, 5) is 32.6. The molecule has 1 atom stereocenters. The van der Waals surface area contributed by atoms with Crippen molar-refractivity contribution in [1.29, 1.82) is 0 Å². The Labute approximate surface area is 180 Å². The Morgan fingerprint density at radius 1 is 1.03 bits per heavy atom. The van der Waals surface area contributed by atoms with Crippen molar-refractivity contribution in [3.8, 4) is 0 Å². The van der Waals surface area contributed by atoms with Crippen molar-refractivity contribution in [2.24, 2.45) is 5.92 Å². The van der Waals surface area contributed by atoms with Crippen LogP contribution >= 0.6 is 11.6 Å². The third-order valence-electron chi connectivity index (χ3n) is 6.49. The number of nitrogens with zero attached hydrogens (tertiary/aromatic N) is 2. The molecule has 2 saturated heterocycles. The summed E-state index contributed by atoms with van der Waals surface area (Å²) in [6.07, 6.45) is 4.27. The van der Waals surface area contributed by atoms with Gasteiger partial charge in [-0.2, -0.15) is 0 Å². The maximum atomic E-state index is 13.1. The van der Waals surface area contributed by atoms with Crippen LogP contribution in [0.4, 0.5) is 5.69 Å². The second-order valence-corrected chi connectivity index (χ2v) is 8.65. The Bertz CT molecular complexity index is 1100. The fourth-order valence-corrected chi connectivity index (χ4v) is 5.12. The van der Waals surface area contributed by atoms with Crippen LogP contribution < -0.4 is 4.90 Å². The number of nitrogens with one attached hydrogen (secondary N) is 1. The third-order valence-corrected chi connectivity index (χ3v) is 6.80. The van der Waals surface area contributed by atoms with E-state index in [9.17, 15) is 9.59 Å². The van der Waals surface area contributed by atoms with Crippen molar-refractivity contribution in [3.63, 3.8) is 0 Å². The molecule has 3 heterocycles. The molecular weight excluding hydrogens is 398 g/mol. The van der Waals surface area contributed by atoms with Gasteiger partial charge in [0.25, 0.3) is 0 Å². The van der Waals surface area contributed by atoms with Gasteiger partial charge in [-0.25, -0.2) is 0 Å². The number of anilines is 1. The highest BCUT2D eigenvalue weighted by Gasteiger charge is 2.38. The van der Waals surface area contributed by atoms with Crippen molar-refractivity contribution in [1.82, 2.24) is 9.88 Å². The van der Waals surface area contributed by atoms with Gasteiger partial charge in [0, 0.05) is 43.2 Å². The van der Waals surface area contributed by atoms with Gasteiger partial charge < -0.3 is 14.8 Å². The summed E-state index contributed by atoms with van der Waals surface area (Å²) in [6, 6.07) is 15.7. The number of para-hydroxylation sites is 2. The first-order valence-corrected chi connectivity index (χ1v) is 10.9. The van der Waals surface area contributed by atoms with Crippen LogP contribution in [-0.4, -0.2) is 41.3 Å². The number of aromatic nitrogens is 1. The van der Waals surface area contributed by atoms with Crippen molar-refractivity contribution in [2.75, 3.05) is 24.5 Å². The first-order chi connectivity index (χ1) is 14.6. The first kappa shape index (κ1) is 19.2. The summed E-state index contributed by atoms with van der Waals surface area (Å²) < 4.78 is 0. The second kappa shape index (κ2) is 7.80. The number of hydrogen-bond acceptors (Lipinski definition) is 2. The zero-order valence-electron chi connectivity index (χ0n) is 16.7. The maximum absolute atomic E-state index is 13.1.